The first kappa shape index (κ1) is 12.2. The minimum absolute atomic E-state index is 0.734. The van der Waals surface area contributed by atoms with Crippen molar-refractivity contribution in [1.82, 2.24) is 15.4 Å². The van der Waals surface area contributed by atoms with Gasteiger partial charge in [0.15, 0.2) is 0 Å². The van der Waals surface area contributed by atoms with E-state index in [-0.39, 0.29) is 0 Å². The van der Waals surface area contributed by atoms with Crippen molar-refractivity contribution in [3.63, 3.8) is 0 Å². The molecule has 2 rings (SSSR count). The number of nitrogens with zero attached hydrogens (tertiary/aromatic N) is 2. The van der Waals surface area contributed by atoms with Crippen LogP contribution in [0.1, 0.15) is 5.69 Å². The van der Waals surface area contributed by atoms with Crippen molar-refractivity contribution in [2.24, 2.45) is 0 Å². The number of hydrogen-bond acceptors (Lipinski definition) is 3. The molecule has 0 unspecified atom stereocenters. The summed E-state index contributed by atoms with van der Waals surface area (Å²) in [4.78, 5) is 0. The predicted octanol–water partition coefficient (Wildman–Crippen LogP) is 1.96. The Bertz CT molecular complexity index is 473. The van der Waals surface area contributed by atoms with Crippen molar-refractivity contribution < 1.29 is 0 Å². The topological polar surface area (TPSA) is 53.6 Å². The van der Waals surface area contributed by atoms with Crippen LogP contribution in [0.4, 0.5) is 5.69 Å². The average molecular weight is 291 g/mol. The SMILES string of the molecule is [CH3][Ge]([CH3])([CH3])[c]1n[nH]nc1CNc1ccccc1. The molecule has 90 valence electrons. The summed E-state index contributed by atoms with van der Waals surface area (Å²) in [5.41, 5.74) is 2.17. The molecule has 2 aromatic rings. The summed E-state index contributed by atoms with van der Waals surface area (Å²) in [5.74, 6) is 6.97. The molecule has 0 fully saturated rings. The van der Waals surface area contributed by atoms with Gasteiger partial charge in [-0.15, -0.1) is 0 Å². The van der Waals surface area contributed by atoms with E-state index in [2.05, 4.69) is 50.1 Å². The van der Waals surface area contributed by atoms with Crippen LogP contribution in [-0.4, -0.2) is 28.7 Å². The van der Waals surface area contributed by atoms with Gasteiger partial charge in [0.05, 0.1) is 0 Å². The van der Waals surface area contributed by atoms with Crippen LogP contribution < -0.4 is 9.84 Å². The number of nitrogens with one attached hydrogen (secondary N) is 2. The molecule has 0 aliphatic heterocycles. The Kier molecular flexibility index (Phi) is 3.52. The maximum atomic E-state index is 4.31. The van der Waals surface area contributed by atoms with Gasteiger partial charge in [-0.25, -0.2) is 0 Å². The molecular formula is C12H18GeN4. The zero-order chi connectivity index (χ0) is 12.3. The molecule has 0 saturated carbocycles. The third kappa shape index (κ3) is 3.09. The summed E-state index contributed by atoms with van der Waals surface area (Å²) in [7, 11) is 0. The van der Waals surface area contributed by atoms with Gasteiger partial charge < -0.3 is 0 Å². The summed E-state index contributed by atoms with van der Waals surface area (Å²) in [6.07, 6.45) is 0. The quantitative estimate of drug-likeness (QED) is 0.847. The first-order valence-electron chi connectivity index (χ1n) is 5.76. The number of rotatable bonds is 4. The first-order chi connectivity index (χ1) is 8.07. The van der Waals surface area contributed by atoms with Crippen LogP contribution in [-0.2, 0) is 6.54 Å². The first-order valence-corrected chi connectivity index (χ1v) is 13.1. The van der Waals surface area contributed by atoms with Crippen LogP contribution in [0.3, 0.4) is 0 Å². The average Bonchev–Trinajstić information content (AvgIpc) is 2.75. The summed E-state index contributed by atoms with van der Waals surface area (Å²) in [6.45, 7) is 0.734. The van der Waals surface area contributed by atoms with Crippen LogP contribution in [0.2, 0.25) is 17.3 Å². The fraction of sp³-hybridized carbons (Fsp3) is 0.333. The molecule has 1 aromatic carbocycles. The monoisotopic (exact) mass is 292 g/mol. The molecule has 0 aliphatic carbocycles. The van der Waals surface area contributed by atoms with Crippen molar-refractivity contribution in [2.75, 3.05) is 5.32 Å². The molecule has 0 amide bonds. The Labute approximate surface area is 104 Å². The molecule has 4 nitrogen and oxygen atoms in total. The molecule has 0 saturated heterocycles. The van der Waals surface area contributed by atoms with Gasteiger partial charge in [-0.3, -0.25) is 0 Å². The third-order valence-corrected chi connectivity index (χ3v) is 6.39. The second-order valence-electron chi connectivity index (χ2n) is 5.09. The van der Waals surface area contributed by atoms with Gasteiger partial charge in [-0.1, -0.05) is 0 Å². The summed E-state index contributed by atoms with van der Waals surface area (Å²) in [6, 6.07) is 10.2. The molecular weight excluding hydrogens is 273 g/mol. The number of benzene rings is 1. The van der Waals surface area contributed by atoms with Crippen LogP contribution in [0.25, 0.3) is 0 Å². The van der Waals surface area contributed by atoms with Gasteiger partial charge in [0.1, 0.15) is 0 Å². The molecule has 17 heavy (non-hydrogen) atoms. The van der Waals surface area contributed by atoms with E-state index in [1.807, 2.05) is 18.2 Å². The zero-order valence-corrected chi connectivity index (χ0v) is 12.6. The number of aromatic amines is 1. The Balaban J connectivity index is 2.08. The molecule has 0 radical (unpaired) electrons. The van der Waals surface area contributed by atoms with E-state index in [1.54, 1.807) is 0 Å². The summed E-state index contributed by atoms with van der Waals surface area (Å²) < 4.78 is 1.20. The van der Waals surface area contributed by atoms with Crippen molar-refractivity contribution in [3.05, 3.63) is 36.0 Å². The fourth-order valence-electron chi connectivity index (χ4n) is 1.72. The van der Waals surface area contributed by atoms with Gasteiger partial charge >= 0.3 is 104 Å². The van der Waals surface area contributed by atoms with Crippen molar-refractivity contribution >= 4 is 23.5 Å². The summed E-state index contributed by atoms with van der Waals surface area (Å²) in [5, 5.41) is 14.7. The Hall–Kier alpha value is -1.30. The normalized spacial score (nSPS) is 11.5. The van der Waals surface area contributed by atoms with Crippen LogP contribution >= 0.6 is 0 Å². The molecule has 0 spiro atoms. The Morgan fingerprint density at radius 3 is 2.47 bits per heavy atom. The van der Waals surface area contributed by atoms with Crippen LogP contribution in [0, 0.1) is 0 Å². The predicted molar refractivity (Wildman–Crippen MR) is 73.1 cm³/mol. The number of hydrogen-bond donors (Lipinski definition) is 2. The van der Waals surface area contributed by atoms with Gasteiger partial charge in [-0.05, 0) is 0 Å². The van der Waals surface area contributed by atoms with Gasteiger partial charge in [0.2, 0.25) is 0 Å². The minimum atomic E-state index is -1.91. The number of aromatic nitrogens is 3. The second kappa shape index (κ2) is 4.91. The van der Waals surface area contributed by atoms with E-state index in [9.17, 15) is 0 Å². The molecule has 2 N–H and O–H groups in total. The van der Waals surface area contributed by atoms with E-state index in [0.29, 0.717) is 0 Å². The number of H-pyrrole nitrogens is 1. The van der Waals surface area contributed by atoms with E-state index < -0.39 is 13.3 Å². The Morgan fingerprint density at radius 2 is 1.82 bits per heavy atom. The Morgan fingerprint density at radius 1 is 1.12 bits per heavy atom. The molecule has 0 atom stereocenters. The molecule has 1 heterocycles. The number of para-hydroxylation sites is 1. The summed E-state index contributed by atoms with van der Waals surface area (Å²) >= 11 is -1.91. The molecule has 0 aliphatic rings. The standard InChI is InChI=1S/C12H18GeN4/c1-13(2,3)12-11(15-17-16-12)9-14-10-7-5-4-6-8-10/h4-8,14H,9H2,1-3H3,(H,15,16,17). The fourth-order valence-corrected chi connectivity index (χ4v) is 4.65. The zero-order valence-electron chi connectivity index (χ0n) is 10.5. The third-order valence-electron chi connectivity index (χ3n) is 2.56. The van der Waals surface area contributed by atoms with E-state index in [4.69, 9.17) is 0 Å². The molecule has 0 bridgehead atoms. The van der Waals surface area contributed by atoms with Crippen molar-refractivity contribution in [1.29, 1.82) is 0 Å². The number of anilines is 1. The van der Waals surface area contributed by atoms with Gasteiger partial charge in [0.25, 0.3) is 0 Å². The van der Waals surface area contributed by atoms with E-state index in [1.165, 1.54) is 4.53 Å². The molecule has 5 heteroatoms. The maximum absolute atomic E-state index is 4.31. The van der Waals surface area contributed by atoms with E-state index >= 15 is 0 Å². The second-order valence-corrected chi connectivity index (χ2v) is 15.5. The van der Waals surface area contributed by atoms with Crippen LogP contribution in [0.15, 0.2) is 30.3 Å². The van der Waals surface area contributed by atoms with Gasteiger partial charge in [0, 0.05) is 0 Å². The van der Waals surface area contributed by atoms with Crippen molar-refractivity contribution in [2.45, 2.75) is 23.8 Å². The molecule has 1 aromatic heterocycles. The van der Waals surface area contributed by atoms with Crippen LogP contribution in [0.5, 0.6) is 0 Å². The van der Waals surface area contributed by atoms with Gasteiger partial charge in [-0.2, -0.15) is 0 Å². The van der Waals surface area contributed by atoms with Crippen molar-refractivity contribution in [3.8, 4) is 0 Å². The van der Waals surface area contributed by atoms with E-state index in [0.717, 1.165) is 17.9 Å².